The van der Waals surface area contributed by atoms with E-state index < -0.39 is 7.92 Å². The van der Waals surface area contributed by atoms with E-state index in [0.717, 1.165) is 31.7 Å². The summed E-state index contributed by atoms with van der Waals surface area (Å²) in [5.74, 6) is 0. The summed E-state index contributed by atoms with van der Waals surface area (Å²) in [5.41, 5.74) is 6.38. The molecular weight excluding hydrogens is 419 g/mol. The molecule has 2 rings (SSSR count). The van der Waals surface area contributed by atoms with Gasteiger partial charge in [0.2, 0.25) is 0 Å². The molecule has 2 aromatic carbocycles. The van der Waals surface area contributed by atoms with Gasteiger partial charge in [-0.3, -0.25) is 0 Å². The second kappa shape index (κ2) is 12.3. The van der Waals surface area contributed by atoms with Crippen molar-refractivity contribution in [1.29, 1.82) is 0 Å². The van der Waals surface area contributed by atoms with Crippen molar-refractivity contribution in [1.82, 2.24) is 19.6 Å². The summed E-state index contributed by atoms with van der Waals surface area (Å²) < 4.78 is 0. The van der Waals surface area contributed by atoms with Crippen LogP contribution in [0.1, 0.15) is 22.3 Å². The van der Waals surface area contributed by atoms with Crippen LogP contribution in [0.3, 0.4) is 0 Å². The van der Waals surface area contributed by atoms with E-state index in [9.17, 15) is 0 Å². The molecule has 0 aliphatic carbocycles. The molecule has 0 N–H and O–H groups in total. The third-order valence-electron chi connectivity index (χ3n) is 4.83. The monoisotopic (exact) mass is 460 g/mol. The van der Waals surface area contributed by atoms with Gasteiger partial charge in [-0.25, -0.2) is 0 Å². The minimum Gasteiger partial charge on any atom is -0.305 e. The zero-order valence-corrected chi connectivity index (χ0v) is 22.5. The lowest BCUT2D eigenvalue weighted by molar-refractivity contribution is 0.396. The normalized spacial score (nSPS) is 12.2. The van der Waals surface area contributed by atoms with E-state index in [0.29, 0.717) is 0 Å². The predicted octanol–water partition coefficient (Wildman–Crippen LogP) is 3.25. The van der Waals surface area contributed by atoms with Crippen LogP contribution in [-0.2, 0) is 26.2 Å². The van der Waals surface area contributed by atoms with Gasteiger partial charge in [-0.1, -0.05) is 12.1 Å². The molecule has 0 saturated carbocycles. The highest BCUT2D eigenvalue weighted by Gasteiger charge is 2.17. The Labute approximate surface area is 197 Å². The zero-order valence-electron chi connectivity index (χ0n) is 20.7. The Morgan fingerprint density at radius 2 is 0.774 bits per heavy atom. The van der Waals surface area contributed by atoms with Crippen molar-refractivity contribution in [3.05, 3.63) is 58.7 Å². The third kappa shape index (κ3) is 8.84. The molecule has 6 heteroatoms. The number of hydrogen-bond donors (Lipinski definition) is 1. The SMILES string of the molecule is CN(C)Cc1cc(CN(C)C)cc(P(CS)c2cc(CN(C)C)cc(CN(C)C)c2)c1. The molecule has 0 aliphatic heterocycles. The van der Waals surface area contributed by atoms with Crippen molar-refractivity contribution in [3.63, 3.8) is 0 Å². The number of rotatable bonds is 11. The first-order chi connectivity index (χ1) is 14.6. The van der Waals surface area contributed by atoms with Gasteiger partial charge in [-0.05, 0) is 121 Å². The first kappa shape index (κ1) is 26.3. The van der Waals surface area contributed by atoms with Crippen LogP contribution >= 0.6 is 20.6 Å². The molecule has 0 radical (unpaired) electrons. The highest BCUT2D eigenvalue weighted by Crippen LogP contribution is 2.36. The Morgan fingerprint density at radius 3 is 0.968 bits per heavy atom. The largest absolute Gasteiger partial charge is 0.305 e. The Bertz CT molecular complexity index is 712. The minimum atomic E-state index is -0.523. The molecule has 0 aromatic heterocycles. The van der Waals surface area contributed by atoms with Gasteiger partial charge >= 0.3 is 0 Å². The number of thiol groups is 1. The van der Waals surface area contributed by atoms with Gasteiger partial charge in [0.15, 0.2) is 0 Å². The van der Waals surface area contributed by atoms with Crippen LogP contribution in [0, 0.1) is 0 Å². The van der Waals surface area contributed by atoms with Crippen LogP contribution in [0.25, 0.3) is 0 Å². The maximum atomic E-state index is 4.84. The van der Waals surface area contributed by atoms with Crippen LogP contribution in [0.5, 0.6) is 0 Å². The fourth-order valence-electron chi connectivity index (χ4n) is 3.94. The summed E-state index contributed by atoms with van der Waals surface area (Å²) >= 11 is 4.84. The molecule has 0 atom stereocenters. The van der Waals surface area contributed by atoms with Crippen molar-refractivity contribution < 1.29 is 0 Å². The second-order valence-electron chi connectivity index (χ2n) is 9.54. The van der Waals surface area contributed by atoms with E-state index in [-0.39, 0.29) is 0 Å². The Kier molecular flexibility index (Phi) is 10.5. The third-order valence-corrected chi connectivity index (χ3v) is 7.73. The number of nitrogens with zero attached hydrogens (tertiary/aromatic N) is 4. The maximum Gasteiger partial charge on any atom is 0.0227 e. The van der Waals surface area contributed by atoms with E-state index in [2.05, 4.69) is 112 Å². The average molecular weight is 461 g/mol. The molecule has 4 nitrogen and oxygen atoms in total. The van der Waals surface area contributed by atoms with Crippen LogP contribution in [0.2, 0.25) is 0 Å². The molecular formula is C25H41N4PS. The molecule has 0 fully saturated rings. The van der Waals surface area contributed by atoms with Crippen molar-refractivity contribution in [3.8, 4) is 0 Å². The summed E-state index contributed by atoms with van der Waals surface area (Å²) in [6.45, 7) is 3.82. The molecule has 2 aromatic rings. The molecule has 172 valence electrons. The van der Waals surface area contributed by atoms with Gasteiger partial charge < -0.3 is 19.6 Å². The lowest BCUT2D eigenvalue weighted by Gasteiger charge is -2.23. The van der Waals surface area contributed by atoms with Gasteiger partial charge in [0.1, 0.15) is 0 Å². The van der Waals surface area contributed by atoms with Gasteiger partial charge in [0, 0.05) is 31.7 Å². The maximum absolute atomic E-state index is 4.84. The second-order valence-corrected chi connectivity index (χ2v) is 12.6. The quantitative estimate of drug-likeness (QED) is 0.408. The summed E-state index contributed by atoms with van der Waals surface area (Å²) in [6.07, 6.45) is 0. The molecule has 0 unspecified atom stereocenters. The Balaban J connectivity index is 2.54. The van der Waals surface area contributed by atoms with Crippen molar-refractivity contribution >= 4 is 31.2 Å². The summed E-state index contributed by atoms with van der Waals surface area (Å²) in [7, 11) is 16.6. The Morgan fingerprint density at radius 1 is 0.516 bits per heavy atom. The lowest BCUT2D eigenvalue weighted by Crippen LogP contribution is -2.21. The number of hydrogen-bond acceptors (Lipinski definition) is 5. The van der Waals surface area contributed by atoms with Gasteiger partial charge in [0.05, 0.1) is 0 Å². The fourth-order valence-corrected chi connectivity index (χ4v) is 6.83. The fraction of sp³-hybridized carbons (Fsp3) is 0.520. The Hall–Kier alpha value is -0.940. The number of benzene rings is 2. The zero-order chi connectivity index (χ0) is 23.1. The molecule has 0 aliphatic rings. The minimum absolute atomic E-state index is 0.523. The molecule has 0 amide bonds. The average Bonchev–Trinajstić information content (AvgIpc) is 2.59. The van der Waals surface area contributed by atoms with Crippen LogP contribution < -0.4 is 10.6 Å². The predicted molar refractivity (Wildman–Crippen MR) is 142 cm³/mol. The topological polar surface area (TPSA) is 13.0 Å². The van der Waals surface area contributed by atoms with E-state index in [1.165, 1.54) is 32.9 Å². The highest BCUT2D eigenvalue weighted by molar-refractivity contribution is 7.93. The van der Waals surface area contributed by atoms with Gasteiger partial charge in [-0.15, -0.1) is 0 Å². The van der Waals surface area contributed by atoms with Crippen LogP contribution in [0.15, 0.2) is 36.4 Å². The van der Waals surface area contributed by atoms with Gasteiger partial charge in [-0.2, -0.15) is 12.6 Å². The molecule has 0 bridgehead atoms. The molecule has 0 saturated heterocycles. The molecule has 0 heterocycles. The summed E-state index contributed by atoms with van der Waals surface area (Å²) in [6, 6.07) is 14.3. The first-order valence-corrected chi connectivity index (χ1v) is 13.0. The summed E-state index contributed by atoms with van der Waals surface area (Å²) in [5, 5.41) is 2.86. The van der Waals surface area contributed by atoms with E-state index in [4.69, 9.17) is 12.6 Å². The summed E-state index contributed by atoms with van der Waals surface area (Å²) in [4.78, 5) is 8.98. The van der Waals surface area contributed by atoms with E-state index >= 15 is 0 Å². The van der Waals surface area contributed by atoms with Crippen LogP contribution in [0.4, 0.5) is 0 Å². The lowest BCUT2D eigenvalue weighted by atomic mass is 10.1. The van der Waals surface area contributed by atoms with E-state index in [1.807, 2.05) is 0 Å². The first-order valence-electron chi connectivity index (χ1n) is 10.8. The van der Waals surface area contributed by atoms with Crippen molar-refractivity contribution in [2.45, 2.75) is 26.2 Å². The van der Waals surface area contributed by atoms with Crippen molar-refractivity contribution in [2.24, 2.45) is 0 Å². The van der Waals surface area contributed by atoms with Gasteiger partial charge in [0.25, 0.3) is 0 Å². The highest BCUT2D eigenvalue weighted by atomic mass is 32.1. The molecule has 31 heavy (non-hydrogen) atoms. The molecule has 0 spiro atoms. The van der Waals surface area contributed by atoms with Crippen molar-refractivity contribution in [2.75, 3.05) is 61.9 Å². The van der Waals surface area contributed by atoms with E-state index in [1.54, 1.807) is 0 Å². The smallest absolute Gasteiger partial charge is 0.0227 e. The van der Waals surface area contributed by atoms with Crippen LogP contribution in [-0.4, -0.2) is 81.5 Å². The standard InChI is InChI=1S/C25H41N4PS/c1-26(2)15-20-9-21(16-27(3)4)12-24(11-20)30(19-31)25-13-22(17-28(5)6)10-23(14-25)18-29(7)8/h9-14,31H,15-19H2,1-8H3.